The minimum absolute atomic E-state index is 0.133. The summed E-state index contributed by atoms with van der Waals surface area (Å²) in [7, 11) is -7.22. The number of nitrogens with zero attached hydrogens (tertiary/aromatic N) is 4. The lowest BCUT2D eigenvalue weighted by Crippen LogP contribution is -2.50. The van der Waals surface area contributed by atoms with Gasteiger partial charge in [-0.15, -0.1) is 0 Å². The summed E-state index contributed by atoms with van der Waals surface area (Å²) in [6, 6.07) is 8.02. The Hall–Kier alpha value is -2.24. The molecule has 9 nitrogen and oxygen atoms in total. The summed E-state index contributed by atoms with van der Waals surface area (Å²) in [5.74, 6) is -0.564. The molecular weight excluding hydrogens is 428 g/mol. The van der Waals surface area contributed by atoms with Crippen molar-refractivity contribution < 1.29 is 21.6 Å². The number of sulfonamides is 1. The zero-order valence-corrected chi connectivity index (χ0v) is 18.7. The van der Waals surface area contributed by atoms with Crippen molar-refractivity contribution in [3.8, 4) is 0 Å². The van der Waals surface area contributed by atoms with Gasteiger partial charge in [-0.05, 0) is 26.0 Å². The third-order valence-electron chi connectivity index (χ3n) is 5.12. The summed E-state index contributed by atoms with van der Waals surface area (Å²) in [5, 5.41) is 4.20. The van der Waals surface area contributed by atoms with E-state index in [2.05, 4.69) is 5.10 Å². The molecule has 0 bridgehead atoms. The fourth-order valence-corrected chi connectivity index (χ4v) is 6.20. The zero-order chi connectivity index (χ0) is 21.9. The molecule has 0 saturated carbocycles. The van der Waals surface area contributed by atoms with E-state index in [0.29, 0.717) is 12.2 Å². The molecule has 1 saturated heterocycles. The molecule has 1 aromatic heterocycles. The number of amides is 1. The molecule has 0 spiro atoms. The SMILES string of the molecule is CCn1cc(S(=O)(=O)N2CCN(C(=O)CCS(=O)(=O)c3ccccc3)CC2)c(C)n1. The quantitative estimate of drug-likeness (QED) is 0.615. The van der Waals surface area contributed by atoms with Crippen LogP contribution in [0.4, 0.5) is 0 Å². The molecule has 1 aliphatic heterocycles. The Morgan fingerprint density at radius 2 is 1.67 bits per heavy atom. The van der Waals surface area contributed by atoms with Gasteiger partial charge in [-0.2, -0.15) is 9.40 Å². The first-order valence-corrected chi connectivity index (χ1v) is 12.8. The summed E-state index contributed by atoms with van der Waals surface area (Å²) in [6.45, 7) is 4.89. The average Bonchev–Trinajstić information content (AvgIpc) is 3.14. The number of carbonyl (C=O) groups excluding carboxylic acids is 1. The second kappa shape index (κ2) is 8.86. The summed E-state index contributed by atoms with van der Waals surface area (Å²) in [6.07, 6.45) is 1.39. The Bertz CT molecular complexity index is 1100. The van der Waals surface area contributed by atoms with Gasteiger partial charge >= 0.3 is 0 Å². The number of hydrogen-bond donors (Lipinski definition) is 0. The monoisotopic (exact) mass is 454 g/mol. The van der Waals surface area contributed by atoms with Gasteiger partial charge in [0, 0.05) is 45.3 Å². The number of rotatable bonds is 7. The maximum absolute atomic E-state index is 12.9. The Labute approximate surface area is 177 Å². The highest BCUT2D eigenvalue weighted by Gasteiger charge is 2.32. The summed E-state index contributed by atoms with van der Waals surface area (Å²) >= 11 is 0. The van der Waals surface area contributed by atoms with E-state index < -0.39 is 19.9 Å². The molecule has 30 heavy (non-hydrogen) atoms. The van der Waals surface area contributed by atoms with Crippen LogP contribution >= 0.6 is 0 Å². The highest BCUT2D eigenvalue weighted by Crippen LogP contribution is 2.21. The van der Waals surface area contributed by atoms with Gasteiger partial charge < -0.3 is 4.90 Å². The standard InChI is InChI=1S/C19H26N4O5S2/c1-3-22-15-18(16(2)20-22)30(27,28)23-12-10-21(11-13-23)19(24)9-14-29(25,26)17-7-5-4-6-8-17/h4-8,15H,3,9-14H2,1-2H3. The molecule has 3 rings (SSSR count). The first-order chi connectivity index (χ1) is 14.1. The van der Waals surface area contributed by atoms with Crippen LogP contribution in [0.2, 0.25) is 0 Å². The number of aryl methyl sites for hydroxylation is 2. The van der Waals surface area contributed by atoms with Crippen LogP contribution in [0.5, 0.6) is 0 Å². The van der Waals surface area contributed by atoms with E-state index in [1.54, 1.807) is 29.8 Å². The van der Waals surface area contributed by atoms with Crippen LogP contribution < -0.4 is 0 Å². The van der Waals surface area contributed by atoms with Crippen molar-refractivity contribution in [2.24, 2.45) is 0 Å². The van der Waals surface area contributed by atoms with Gasteiger partial charge in [0.15, 0.2) is 9.84 Å². The molecule has 0 N–H and O–H groups in total. The molecular formula is C19H26N4O5S2. The molecule has 0 aliphatic carbocycles. The van der Waals surface area contributed by atoms with Gasteiger partial charge in [-0.1, -0.05) is 18.2 Å². The zero-order valence-electron chi connectivity index (χ0n) is 17.1. The molecule has 1 fully saturated rings. The molecule has 0 atom stereocenters. The Kier molecular flexibility index (Phi) is 6.63. The van der Waals surface area contributed by atoms with Crippen LogP contribution in [0.3, 0.4) is 0 Å². The highest BCUT2D eigenvalue weighted by atomic mass is 32.2. The smallest absolute Gasteiger partial charge is 0.246 e. The Morgan fingerprint density at radius 3 is 2.23 bits per heavy atom. The van der Waals surface area contributed by atoms with Crippen LogP contribution in [0, 0.1) is 6.92 Å². The lowest BCUT2D eigenvalue weighted by molar-refractivity contribution is -0.131. The van der Waals surface area contributed by atoms with Gasteiger partial charge in [0.2, 0.25) is 15.9 Å². The van der Waals surface area contributed by atoms with E-state index in [1.807, 2.05) is 6.92 Å². The first-order valence-electron chi connectivity index (χ1n) is 9.75. The van der Waals surface area contributed by atoms with Crippen molar-refractivity contribution in [1.82, 2.24) is 19.0 Å². The number of hydrogen-bond acceptors (Lipinski definition) is 6. The Morgan fingerprint density at radius 1 is 1.03 bits per heavy atom. The number of aromatic nitrogens is 2. The molecule has 2 aromatic rings. The fraction of sp³-hybridized carbons (Fsp3) is 0.474. The van der Waals surface area contributed by atoms with Gasteiger partial charge in [0.25, 0.3) is 0 Å². The van der Waals surface area contributed by atoms with Gasteiger partial charge in [-0.25, -0.2) is 16.8 Å². The molecule has 164 valence electrons. The van der Waals surface area contributed by atoms with Crippen LogP contribution in [0.25, 0.3) is 0 Å². The van der Waals surface area contributed by atoms with E-state index in [-0.39, 0.29) is 54.1 Å². The second-order valence-corrected chi connectivity index (χ2v) is 11.1. The van der Waals surface area contributed by atoms with E-state index in [1.165, 1.54) is 27.5 Å². The second-order valence-electron chi connectivity index (χ2n) is 7.10. The third-order valence-corrected chi connectivity index (χ3v) is 8.86. The van der Waals surface area contributed by atoms with Crippen LogP contribution in [-0.4, -0.2) is 73.7 Å². The number of carbonyl (C=O) groups is 1. The molecule has 1 aromatic carbocycles. The van der Waals surface area contributed by atoms with Crippen molar-refractivity contribution in [2.45, 2.75) is 36.6 Å². The summed E-state index contributed by atoms with van der Waals surface area (Å²) < 4.78 is 53.5. The van der Waals surface area contributed by atoms with Gasteiger partial charge in [-0.3, -0.25) is 9.48 Å². The molecule has 2 heterocycles. The van der Waals surface area contributed by atoms with Crippen LogP contribution in [-0.2, 0) is 31.2 Å². The van der Waals surface area contributed by atoms with E-state index in [0.717, 1.165) is 0 Å². The average molecular weight is 455 g/mol. The predicted molar refractivity (Wildman–Crippen MR) is 111 cm³/mol. The Balaban J connectivity index is 1.58. The lowest BCUT2D eigenvalue weighted by atomic mass is 10.3. The first kappa shape index (κ1) is 22.4. The van der Waals surface area contributed by atoms with Crippen molar-refractivity contribution in [3.63, 3.8) is 0 Å². The number of piperazine rings is 1. The maximum atomic E-state index is 12.9. The van der Waals surface area contributed by atoms with Crippen molar-refractivity contribution in [2.75, 3.05) is 31.9 Å². The van der Waals surface area contributed by atoms with Crippen molar-refractivity contribution >= 4 is 25.8 Å². The molecule has 0 unspecified atom stereocenters. The van der Waals surface area contributed by atoms with E-state index >= 15 is 0 Å². The number of sulfone groups is 1. The fourth-order valence-electron chi connectivity index (χ4n) is 3.36. The normalized spacial score (nSPS) is 16.0. The van der Waals surface area contributed by atoms with Crippen molar-refractivity contribution in [3.05, 3.63) is 42.2 Å². The lowest BCUT2D eigenvalue weighted by Gasteiger charge is -2.34. The molecule has 1 amide bonds. The predicted octanol–water partition coefficient (Wildman–Crippen LogP) is 0.908. The molecule has 0 radical (unpaired) electrons. The van der Waals surface area contributed by atoms with E-state index in [9.17, 15) is 21.6 Å². The number of benzene rings is 1. The van der Waals surface area contributed by atoms with Gasteiger partial charge in [0.05, 0.1) is 16.3 Å². The molecule has 1 aliphatic rings. The highest BCUT2D eigenvalue weighted by molar-refractivity contribution is 7.91. The minimum Gasteiger partial charge on any atom is -0.340 e. The third kappa shape index (κ3) is 4.73. The maximum Gasteiger partial charge on any atom is 0.246 e. The summed E-state index contributed by atoms with van der Waals surface area (Å²) in [5.41, 5.74) is 0.446. The van der Waals surface area contributed by atoms with Gasteiger partial charge in [0.1, 0.15) is 4.90 Å². The van der Waals surface area contributed by atoms with Crippen molar-refractivity contribution in [1.29, 1.82) is 0 Å². The minimum atomic E-state index is -3.69. The largest absolute Gasteiger partial charge is 0.340 e. The summed E-state index contributed by atoms with van der Waals surface area (Å²) in [4.78, 5) is 14.4. The topological polar surface area (TPSA) is 110 Å². The van der Waals surface area contributed by atoms with Crippen LogP contribution in [0.1, 0.15) is 19.0 Å². The van der Waals surface area contributed by atoms with Crippen LogP contribution in [0.15, 0.2) is 46.3 Å². The molecule has 11 heteroatoms. The van der Waals surface area contributed by atoms with E-state index in [4.69, 9.17) is 0 Å².